The third-order valence-electron chi connectivity index (χ3n) is 2.97. The van der Waals surface area contributed by atoms with Gasteiger partial charge in [-0.25, -0.2) is 0 Å². The first-order valence-corrected chi connectivity index (χ1v) is 5.08. The molecule has 0 aromatic carbocycles. The van der Waals surface area contributed by atoms with E-state index in [1.807, 2.05) is 13.0 Å². The molecule has 0 aliphatic carbocycles. The molecule has 2 nitrogen and oxygen atoms in total. The molecule has 1 aliphatic heterocycles. The highest BCUT2D eigenvalue weighted by atomic mass is 16.5. The highest BCUT2D eigenvalue weighted by Gasteiger charge is 2.30. The molecule has 13 heavy (non-hydrogen) atoms. The van der Waals surface area contributed by atoms with Crippen molar-refractivity contribution in [2.75, 3.05) is 6.61 Å². The maximum absolute atomic E-state index is 8.98. The Balaban J connectivity index is 2.39. The van der Waals surface area contributed by atoms with Crippen LogP contribution in [0.4, 0.5) is 0 Å². The molecule has 0 aromatic heterocycles. The van der Waals surface area contributed by atoms with Crippen molar-refractivity contribution in [2.45, 2.75) is 38.9 Å². The zero-order chi connectivity index (χ0) is 9.84. The molecule has 0 radical (unpaired) electrons. The normalized spacial score (nSPS) is 32.8. The van der Waals surface area contributed by atoms with Gasteiger partial charge < -0.3 is 9.84 Å². The van der Waals surface area contributed by atoms with Crippen LogP contribution < -0.4 is 0 Å². The van der Waals surface area contributed by atoms with Crippen LogP contribution in [0.5, 0.6) is 0 Å². The van der Waals surface area contributed by atoms with Crippen LogP contribution in [0, 0.1) is 11.8 Å². The molecule has 4 atom stereocenters. The summed E-state index contributed by atoms with van der Waals surface area (Å²) in [5.41, 5.74) is 0. The van der Waals surface area contributed by atoms with Crippen molar-refractivity contribution in [1.82, 2.24) is 0 Å². The van der Waals surface area contributed by atoms with E-state index in [1.165, 1.54) is 0 Å². The lowest BCUT2D eigenvalue weighted by molar-refractivity contribution is -0.0133. The summed E-state index contributed by atoms with van der Waals surface area (Å²) in [6.45, 7) is 8.15. The van der Waals surface area contributed by atoms with Crippen molar-refractivity contribution in [3.8, 4) is 0 Å². The Morgan fingerprint density at radius 3 is 2.62 bits per heavy atom. The number of ether oxygens (including phenoxy) is 1. The van der Waals surface area contributed by atoms with Crippen molar-refractivity contribution in [3.05, 3.63) is 12.7 Å². The van der Waals surface area contributed by atoms with Crippen LogP contribution in [0.1, 0.15) is 26.7 Å². The van der Waals surface area contributed by atoms with Gasteiger partial charge in [0.15, 0.2) is 0 Å². The van der Waals surface area contributed by atoms with Gasteiger partial charge in [0.1, 0.15) is 0 Å². The Morgan fingerprint density at radius 2 is 2.08 bits per heavy atom. The summed E-state index contributed by atoms with van der Waals surface area (Å²) in [5, 5.41) is 8.98. The van der Waals surface area contributed by atoms with Crippen molar-refractivity contribution >= 4 is 0 Å². The van der Waals surface area contributed by atoms with E-state index >= 15 is 0 Å². The van der Waals surface area contributed by atoms with Gasteiger partial charge in [0.05, 0.1) is 12.2 Å². The van der Waals surface area contributed by atoms with Gasteiger partial charge >= 0.3 is 0 Å². The predicted octanol–water partition coefficient (Wildman–Crippen LogP) is 1.98. The van der Waals surface area contributed by atoms with Gasteiger partial charge in [-0.1, -0.05) is 19.9 Å². The van der Waals surface area contributed by atoms with Gasteiger partial charge in [-0.2, -0.15) is 0 Å². The summed E-state index contributed by atoms with van der Waals surface area (Å²) in [7, 11) is 0. The topological polar surface area (TPSA) is 29.5 Å². The zero-order valence-corrected chi connectivity index (χ0v) is 8.57. The molecule has 76 valence electrons. The second-order valence-corrected chi connectivity index (χ2v) is 4.05. The van der Waals surface area contributed by atoms with Gasteiger partial charge in [-0.3, -0.25) is 0 Å². The van der Waals surface area contributed by atoms with E-state index < -0.39 is 0 Å². The SMILES string of the molecule is C=CC(C)C1CCC(C(C)CO)O1. The summed E-state index contributed by atoms with van der Waals surface area (Å²) < 4.78 is 5.84. The average Bonchev–Trinajstić information content (AvgIpc) is 2.64. The van der Waals surface area contributed by atoms with Crippen molar-refractivity contribution < 1.29 is 9.84 Å². The standard InChI is InChI=1S/C11H20O2/c1-4-8(2)10-5-6-11(13-10)9(3)7-12/h4,8-12H,1,5-7H2,2-3H3. The largest absolute Gasteiger partial charge is 0.396 e. The first-order valence-electron chi connectivity index (χ1n) is 5.08. The van der Waals surface area contributed by atoms with Crippen molar-refractivity contribution in [2.24, 2.45) is 11.8 Å². The second kappa shape index (κ2) is 4.77. The third-order valence-corrected chi connectivity index (χ3v) is 2.97. The molecule has 0 saturated carbocycles. The minimum atomic E-state index is 0.222. The summed E-state index contributed by atoms with van der Waals surface area (Å²) in [5.74, 6) is 0.693. The van der Waals surface area contributed by atoms with E-state index in [2.05, 4.69) is 13.5 Å². The second-order valence-electron chi connectivity index (χ2n) is 4.05. The molecule has 0 spiro atoms. The zero-order valence-electron chi connectivity index (χ0n) is 8.57. The fourth-order valence-corrected chi connectivity index (χ4v) is 1.76. The van der Waals surface area contributed by atoms with Crippen molar-refractivity contribution in [1.29, 1.82) is 0 Å². The molecule has 0 amide bonds. The van der Waals surface area contributed by atoms with Gasteiger partial charge in [-0.05, 0) is 18.8 Å². The molecule has 1 fully saturated rings. The Kier molecular flexibility index (Phi) is 3.94. The number of aliphatic hydroxyl groups is 1. The average molecular weight is 184 g/mol. The van der Waals surface area contributed by atoms with E-state index in [9.17, 15) is 0 Å². The van der Waals surface area contributed by atoms with Gasteiger partial charge in [0.25, 0.3) is 0 Å². The Hall–Kier alpha value is -0.340. The molecule has 1 saturated heterocycles. The maximum atomic E-state index is 8.98. The van der Waals surface area contributed by atoms with E-state index in [-0.39, 0.29) is 18.6 Å². The predicted molar refractivity (Wildman–Crippen MR) is 53.5 cm³/mol. The van der Waals surface area contributed by atoms with E-state index in [0.29, 0.717) is 12.0 Å². The Bertz CT molecular complexity index is 167. The summed E-state index contributed by atoms with van der Waals surface area (Å²) in [4.78, 5) is 0. The van der Waals surface area contributed by atoms with Crippen molar-refractivity contribution in [3.63, 3.8) is 0 Å². The fraction of sp³-hybridized carbons (Fsp3) is 0.818. The summed E-state index contributed by atoms with van der Waals surface area (Å²) >= 11 is 0. The smallest absolute Gasteiger partial charge is 0.0639 e. The van der Waals surface area contributed by atoms with Crippen LogP contribution in [-0.2, 0) is 4.74 Å². The number of hydrogen-bond acceptors (Lipinski definition) is 2. The molecule has 1 heterocycles. The molecule has 1 N–H and O–H groups in total. The summed E-state index contributed by atoms with van der Waals surface area (Å²) in [6, 6.07) is 0. The van der Waals surface area contributed by atoms with Gasteiger partial charge in [0.2, 0.25) is 0 Å². The molecule has 0 bridgehead atoms. The lowest BCUT2D eigenvalue weighted by Gasteiger charge is -2.20. The quantitative estimate of drug-likeness (QED) is 0.677. The Morgan fingerprint density at radius 1 is 1.46 bits per heavy atom. The van der Waals surface area contributed by atoms with Gasteiger partial charge in [-0.15, -0.1) is 6.58 Å². The van der Waals surface area contributed by atoms with Crippen LogP contribution in [0.2, 0.25) is 0 Å². The number of hydrogen-bond donors (Lipinski definition) is 1. The van der Waals surface area contributed by atoms with Crippen LogP contribution in [0.15, 0.2) is 12.7 Å². The first-order chi connectivity index (χ1) is 6.19. The van der Waals surface area contributed by atoms with Crippen LogP contribution >= 0.6 is 0 Å². The molecule has 0 aromatic rings. The number of rotatable bonds is 4. The molecular formula is C11H20O2. The molecular weight excluding hydrogens is 164 g/mol. The molecule has 4 unspecified atom stereocenters. The van der Waals surface area contributed by atoms with E-state index in [0.717, 1.165) is 12.8 Å². The molecule has 1 rings (SSSR count). The Labute approximate surface area is 80.6 Å². The van der Waals surface area contributed by atoms with Crippen LogP contribution in [-0.4, -0.2) is 23.9 Å². The lowest BCUT2D eigenvalue weighted by Crippen LogP contribution is -2.23. The van der Waals surface area contributed by atoms with Gasteiger partial charge in [0, 0.05) is 12.5 Å². The van der Waals surface area contributed by atoms with Crippen LogP contribution in [0.25, 0.3) is 0 Å². The minimum absolute atomic E-state index is 0.222. The van der Waals surface area contributed by atoms with E-state index in [1.54, 1.807) is 0 Å². The number of aliphatic hydroxyl groups excluding tert-OH is 1. The highest BCUT2D eigenvalue weighted by Crippen LogP contribution is 2.29. The van der Waals surface area contributed by atoms with Crippen LogP contribution in [0.3, 0.4) is 0 Å². The summed E-state index contributed by atoms with van der Waals surface area (Å²) in [6.07, 6.45) is 4.68. The monoisotopic (exact) mass is 184 g/mol. The lowest BCUT2D eigenvalue weighted by atomic mass is 10.00. The third kappa shape index (κ3) is 2.55. The fourth-order valence-electron chi connectivity index (χ4n) is 1.76. The first kappa shape index (κ1) is 10.7. The highest BCUT2D eigenvalue weighted by molar-refractivity contribution is 4.87. The van der Waals surface area contributed by atoms with E-state index in [4.69, 9.17) is 9.84 Å². The maximum Gasteiger partial charge on any atom is 0.0639 e. The minimum Gasteiger partial charge on any atom is -0.396 e. The molecule has 1 aliphatic rings. The molecule has 2 heteroatoms.